The summed E-state index contributed by atoms with van der Waals surface area (Å²) < 4.78 is 0. The van der Waals surface area contributed by atoms with E-state index < -0.39 is 6.10 Å². The van der Waals surface area contributed by atoms with E-state index in [1.54, 1.807) is 0 Å². The molecule has 0 spiro atoms. The van der Waals surface area contributed by atoms with Gasteiger partial charge >= 0.3 is 0 Å². The minimum Gasteiger partial charge on any atom is -0.386 e. The van der Waals surface area contributed by atoms with Crippen LogP contribution in [0.3, 0.4) is 0 Å². The second-order valence-corrected chi connectivity index (χ2v) is 6.41. The zero-order chi connectivity index (χ0) is 18.9. The van der Waals surface area contributed by atoms with Crippen molar-refractivity contribution in [3.8, 4) is 6.07 Å². The van der Waals surface area contributed by atoms with Gasteiger partial charge in [-0.05, 0) is 30.5 Å². The summed E-state index contributed by atoms with van der Waals surface area (Å²) >= 11 is 0. The zero-order valence-electron chi connectivity index (χ0n) is 15.4. The fraction of sp³-hybridized carbons (Fsp3) is 0.261. The first-order valence-electron chi connectivity index (χ1n) is 8.82. The summed E-state index contributed by atoms with van der Waals surface area (Å²) in [7, 11) is 1.85. The van der Waals surface area contributed by atoms with Gasteiger partial charge in [-0.2, -0.15) is 5.26 Å². The Morgan fingerprint density at radius 2 is 1.65 bits per heavy atom. The SMILES string of the molecule is C=CCC(/C=C(\C#N)N(C)C(C)C(O)c1ccccc1)c1ccccc1. The third-order valence-electron chi connectivity index (χ3n) is 4.71. The van der Waals surface area contributed by atoms with Crippen molar-refractivity contribution in [1.29, 1.82) is 5.26 Å². The van der Waals surface area contributed by atoms with Gasteiger partial charge in [-0.25, -0.2) is 0 Å². The van der Waals surface area contributed by atoms with Crippen LogP contribution in [0.4, 0.5) is 0 Å². The Labute approximate surface area is 156 Å². The average molecular weight is 346 g/mol. The van der Waals surface area contributed by atoms with Gasteiger partial charge in [0.25, 0.3) is 0 Å². The van der Waals surface area contributed by atoms with Crippen LogP contribution < -0.4 is 0 Å². The van der Waals surface area contributed by atoms with Crippen LogP contribution in [0.15, 0.2) is 85.1 Å². The van der Waals surface area contributed by atoms with Gasteiger partial charge in [-0.3, -0.25) is 0 Å². The second kappa shape index (κ2) is 9.60. The Morgan fingerprint density at radius 1 is 1.12 bits per heavy atom. The van der Waals surface area contributed by atoms with Crippen molar-refractivity contribution in [3.63, 3.8) is 0 Å². The maximum absolute atomic E-state index is 10.7. The van der Waals surface area contributed by atoms with Crippen molar-refractivity contribution in [1.82, 2.24) is 4.90 Å². The molecule has 0 heterocycles. The molecule has 134 valence electrons. The number of aliphatic hydroxyl groups excluding tert-OH is 1. The summed E-state index contributed by atoms with van der Waals surface area (Å²) in [6, 6.07) is 21.7. The minimum absolute atomic E-state index is 0.0758. The van der Waals surface area contributed by atoms with Crippen LogP contribution in [0, 0.1) is 11.3 Å². The lowest BCUT2D eigenvalue weighted by Crippen LogP contribution is -2.33. The molecule has 0 fully saturated rings. The van der Waals surface area contributed by atoms with Crippen LogP contribution >= 0.6 is 0 Å². The molecule has 3 nitrogen and oxygen atoms in total. The average Bonchev–Trinajstić information content (AvgIpc) is 2.70. The monoisotopic (exact) mass is 346 g/mol. The second-order valence-electron chi connectivity index (χ2n) is 6.41. The molecule has 3 heteroatoms. The molecule has 1 N–H and O–H groups in total. The Balaban J connectivity index is 2.25. The summed E-state index contributed by atoms with van der Waals surface area (Å²) in [5.41, 5.74) is 2.53. The number of nitrogens with zero attached hydrogens (tertiary/aromatic N) is 2. The fourth-order valence-corrected chi connectivity index (χ4v) is 2.96. The van der Waals surface area contributed by atoms with E-state index in [0.29, 0.717) is 5.70 Å². The number of likely N-dealkylation sites (N-methyl/N-ethyl adjacent to an activating group) is 1. The largest absolute Gasteiger partial charge is 0.386 e. The first-order chi connectivity index (χ1) is 12.6. The van der Waals surface area contributed by atoms with Crippen molar-refractivity contribution in [3.05, 3.63) is 96.2 Å². The normalized spacial score (nSPS) is 14.8. The van der Waals surface area contributed by atoms with Crippen LogP contribution in [0.1, 0.15) is 36.5 Å². The maximum Gasteiger partial charge on any atom is 0.117 e. The van der Waals surface area contributed by atoms with E-state index in [1.165, 1.54) is 0 Å². The predicted molar refractivity (Wildman–Crippen MR) is 106 cm³/mol. The molecule has 0 saturated carbocycles. The number of rotatable bonds is 8. The maximum atomic E-state index is 10.7. The molecule has 0 aromatic heterocycles. The number of aliphatic hydroxyl groups is 1. The summed E-state index contributed by atoms with van der Waals surface area (Å²) in [6.07, 6.45) is 3.91. The minimum atomic E-state index is -0.674. The van der Waals surface area contributed by atoms with E-state index in [2.05, 4.69) is 24.8 Å². The summed E-state index contributed by atoms with van der Waals surface area (Å²) in [5, 5.41) is 20.4. The molecule has 0 aliphatic heterocycles. The number of hydrogen-bond donors (Lipinski definition) is 1. The molecule has 2 aromatic rings. The van der Waals surface area contributed by atoms with Crippen LogP contribution in [0.5, 0.6) is 0 Å². The lowest BCUT2D eigenvalue weighted by Gasteiger charge is -2.31. The van der Waals surface area contributed by atoms with Gasteiger partial charge in [0.05, 0.1) is 12.1 Å². The molecule has 0 aliphatic rings. The van der Waals surface area contributed by atoms with Crippen molar-refractivity contribution in [2.24, 2.45) is 0 Å². The predicted octanol–water partition coefficient (Wildman–Crippen LogP) is 4.81. The molecule has 0 bridgehead atoms. The van der Waals surface area contributed by atoms with E-state index in [0.717, 1.165) is 17.5 Å². The lowest BCUT2D eigenvalue weighted by atomic mass is 9.94. The third kappa shape index (κ3) is 4.84. The standard InChI is InChI=1S/C23H26N2O/c1-4-11-21(19-12-7-5-8-13-19)16-22(17-24)25(3)18(2)23(26)20-14-9-6-10-15-20/h4-10,12-16,18,21,23,26H,1,11H2,2-3H3/b22-16+. The Morgan fingerprint density at radius 3 is 2.15 bits per heavy atom. The lowest BCUT2D eigenvalue weighted by molar-refractivity contribution is 0.0911. The van der Waals surface area contributed by atoms with E-state index in [-0.39, 0.29) is 12.0 Å². The van der Waals surface area contributed by atoms with Gasteiger partial charge in [0.15, 0.2) is 0 Å². The van der Waals surface area contributed by atoms with E-state index in [1.807, 2.05) is 79.6 Å². The van der Waals surface area contributed by atoms with Gasteiger partial charge in [-0.15, -0.1) is 6.58 Å². The number of hydrogen-bond acceptors (Lipinski definition) is 3. The molecule has 0 amide bonds. The first-order valence-corrected chi connectivity index (χ1v) is 8.82. The fourth-order valence-electron chi connectivity index (χ4n) is 2.96. The molecular weight excluding hydrogens is 320 g/mol. The Kier molecular flexibility index (Phi) is 7.20. The van der Waals surface area contributed by atoms with Crippen LogP contribution in [0.2, 0.25) is 0 Å². The molecule has 0 radical (unpaired) electrons. The third-order valence-corrected chi connectivity index (χ3v) is 4.71. The molecule has 26 heavy (non-hydrogen) atoms. The highest BCUT2D eigenvalue weighted by molar-refractivity contribution is 5.31. The number of nitriles is 1. The van der Waals surface area contributed by atoms with Gasteiger partial charge in [0.2, 0.25) is 0 Å². The molecule has 3 unspecified atom stereocenters. The number of allylic oxidation sites excluding steroid dienone is 3. The topological polar surface area (TPSA) is 47.3 Å². The molecule has 2 aromatic carbocycles. The van der Waals surface area contributed by atoms with Crippen LogP contribution in [0.25, 0.3) is 0 Å². The van der Waals surface area contributed by atoms with Gasteiger partial charge < -0.3 is 10.0 Å². The Bertz CT molecular complexity index is 762. The first kappa shape index (κ1) is 19.5. The smallest absolute Gasteiger partial charge is 0.117 e. The van der Waals surface area contributed by atoms with Gasteiger partial charge in [0.1, 0.15) is 11.8 Å². The molecule has 2 rings (SSSR count). The van der Waals surface area contributed by atoms with Crippen molar-refractivity contribution < 1.29 is 5.11 Å². The van der Waals surface area contributed by atoms with Crippen LogP contribution in [-0.4, -0.2) is 23.1 Å². The quantitative estimate of drug-likeness (QED) is 0.551. The van der Waals surface area contributed by atoms with Crippen molar-refractivity contribution in [2.45, 2.75) is 31.4 Å². The highest BCUT2D eigenvalue weighted by Gasteiger charge is 2.23. The van der Waals surface area contributed by atoms with E-state index in [9.17, 15) is 10.4 Å². The molecule has 3 atom stereocenters. The molecule has 0 aliphatic carbocycles. The Hall–Kier alpha value is -2.83. The number of benzene rings is 2. The molecular formula is C23H26N2O. The summed E-state index contributed by atoms with van der Waals surface area (Å²) in [4.78, 5) is 1.84. The van der Waals surface area contributed by atoms with Crippen LogP contribution in [-0.2, 0) is 0 Å². The zero-order valence-corrected chi connectivity index (χ0v) is 15.4. The van der Waals surface area contributed by atoms with E-state index >= 15 is 0 Å². The highest BCUT2D eigenvalue weighted by Crippen LogP contribution is 2.27. The van der Waals surface area contributed by atoms with Crippen molar-refractivity contribution in [2.75, 3.05) is 7.05 Å². The van der Waals surface area contributed by atoms with Gasteiger partial charge in [-0.1, -0.05) is 66.7 Å². The summed E-state index contributed by atoms with van der Waals surface area (Å²) in [6.45, 7) is 5.77. The van der Waals surface area contributed by atoms with Gasteiger partial charge in [0, 0.05) is 13.0 Å². The highest BCUT2D eigenvalue weighted by atomic mass is 16.3. The van der Waals surface area contributed by atoms with E-state index in [4.69, 9.17) is 0 Å². The molecule has 0 saturated heterocycles. The van der Waals surface area contributed by atoms with Crippen molar-refractivity contribution >= 4 is 0 Å². The summed E-state index contributed by atoms with van der Waals surface area (Å²) in [5.74, 6) is 0.0758.